The Morgan fingerprint density at radius 1 is 1.29 bits per heavy atom. The minimum Gasteiger partial charge on any atom is -0.496 e. The molecule has 1 spiro atoms. The molecule has 0 radical (unpaired) electrons. The number of hydrogen-bond acceptors (Lipinski definition) is 5. The molecule has 6 heteroatoms. The number of piperidine rings is 1. The molecule has 0 aliphatic carbocycles. The highest BCUT2D eigenvalue weighted by atomic mass is 16.5. The molecule has 0 aromatic heterocycles. The number of benzene rings is 1. The number of rotatable bonds is 8. The quantitative estimate of drug-likeness (QED) is 0.593. The highest BCUT2D eigenvalue weighted by molar-refractivity contribution is 5.95. The van der Waals surface area contributed by atoms with Crippen molar-refractivity contribution in [2.24, 2.45) is 0 Å². The van der Waals surface area contributed by atoms with Crippen molar-refractivity contribution in [3.05, 3.63) is 66.0 Å². The minimum atomic E-state index is -0.460. The summed E-state index contributed by atoms with van der Waals surface area (Å²) in [5, 5.41) is 9.74. The lowest BCUT2D eigenvalue weighted by Gasteiger charge is -2.47. The molecule has 1 saturated heterocycles. The Morgan fingerprint density at radius 2 is 1.97 bits per heavy atom. The lowest BCUT2D eigenvalue weighted by molar-refractivity contribution is -0.101. The van der Waals surface area contributed by atoms with Gasteiger partial charge in [0.1, 0.15) is 17.1 Å². The van der Waals surface area contributed by atoms with Gasteiger partial charge in [-0.25, -0.2) is 0 Å². The van der Waals surface area contributed by atoms with Crippen LogP contribution in [0, 0.1) is 0 Å². The Bertz CT molecular complexity index is 954. The van der Waals surface area contributed by atoms with Gasteiger partial charge >= 0.3 is 0 Å². The number of methoxy groups -OCH3 is 1. The average molecular weight is 470 g/mol. The lowest BCUT2D eigenvalue weighted by Crippen LogP contribution is -2.51. The molecule has 1 unspecified atom stereocenters. The number of likely N-dealkylation sites (tertiary alicyclic amines) is 1. The van der Waals surface area contributed by atoms with E-state index in [0.29, 0.717) is 37.2 Å². The number of aliphatic hydroxyl groups is 1. The van der Waals surface area contributed by atoms with Gasteiger partial charge in [-0.15, -0.1) is 0 Å². The Morgan fingerprint density at radius 3 is 2.50 bits per heavy atom. The van der Waals surface area contributed by atoms with Crippen LogP contribution in [0.25, 0.3) is 0 Å². The first-order valence-electron chi connectivity index (χ1n) is 12.0. The van der Waals surface area contributed by atoms with Crippen molar-refractivity contribution >= 4 is 5.91 Å². The maximum Gasteiger partial charge on any atom is 0.253 e. The normalized spacial score (nSPS) is 20.3. The summed E-state index contributed by atoms with van der Waals surface area (Å²) >= 11 is 0. The summed E-state index contributed by atoms with van der Waals surface area (Å²) in [5.41, 5.74) is 1.54. The van der Waals surface area contributed by atoms with E-state index >= 15 is 0 Å². The van der Waals surface area contributed by atoms with Crippen LogP contribution in [0.2, 0.25) is 0 Å². The van der Waals surface area contributed by atoms with Crippen LogP contribution in [0.5, 0.6) is 5.75 Å². The van der Waals surface area contributed by atoms with E-state index in [9.17, 15) is 9.90 Å². The van der Waals surface area contributed by atoms with Crippen LogP contribution in [0.15, 0.2) is 54.8 Å². The first-order chi connectivity index (χ1) is 16.1. The standard InChI is InChI=1S/C28H39NO5/c1-8-21-23(9-2)34-28(17-25(21)33-19(3)4)12-14-29(15-13-28)26(31)20-10-11-22(24(16-20)32-7)27(5,6)18-30/h8-11,16,19,25,30H,1-2,12-15,17-18H2,3-7H3. The molecule has 186 valence electrons. The molecule has 2 heterocycles. The number of ether oxygens (including phenoxy) is 3. The van der Waals surface area contributed by atoms with Crippen LogP contribution in [0.1, 0.15) is 62.9 Å². The van der Waals surface area contributed by atoms with Crippen molar-refractivity contribution < 1.29 is 24.1 Å². The summed E-state index contributed by atoms with van der Waals surface area (Å²) in [6.45, 7) is 17.0. The van der Waals surface area contributed by atoms with E-state index in [1.165, 1.54) is 0 Å². The molecule has 0 saturated carbocycles. The Kier molecular flexibility index (Phi) is 7.94. The van der Waals surface area contributed by atoms with E-state index < -0.39 is 5.41 Å². The van der Waals surface area contributed by atoms with Crippen molar-refractivity contribution in [1.29, 1.82) is 0 Å². The molecule has 1 aromatic rings. The van der Waals surface area contributed by atoms with Crippen molar-refractivity contribution in [2.45, 2.75) is 70.2 Å². The van der Waals surface area contributed by atoms with Gasteiger partial charge in [0.05, 0.1) is 25.9 Å². The van der Waals surface area contributed by atoms with Gasteiger partial charge in [-0.1, -0.05) is 39.1 Å². The molecule has 2 aliphatic rings. The SMILES string of the molecule is C=CC1=C(C=C)C(OC(C)C)CC2(CCN(C(=O)c3ccc(C(C)(C)CO)c(OC)c3)CC2)O1. The molecular formula is C28H39NO5. The van der Waals surface area contributed by atoms with Crippen molar-refractivity contribution in [2.75, 3.05) is 26.8 Å². The number of aliphatic hydroxyl groups excluding tert-OH is 1. The molecule has 3 rings (SSSR count). The van der Waals surface area contributed by atoms with Crippen LogP contribution in [-0.2, 0) is 14.9 Å². The number of hydrogen-bond donors (Lipinski definition) is 1. The molecule has 1 atom stereocenters. The molecular weight excluding hydrogens is 430 g/mol. The third kappa shape index (κ3) is 5.23. The maximum absolute atomic E-state index is 13.3. The fraction of sp³-hybridized carbons (Fsp3) is 0.536. The Balaban J connectivity index is 1.76. The topological polar surface area (TPSA) is 68.2 Å². The van der Waals surface area contributed by atoms with E-state index in [1.807, 2.05) is 44.7 Å². The van der Waals surface area contributed by atoms with Gasteiger partial charge in [-0.05, 0) is 32.1 Å². The first-order valence-corrected chi connectivity index (χ1v) is 12.0. The van der Waals surface area contributed by atoms with Crippen LogP contribution in [0.3, 0.4) is 0 Å². The summed E-state index contributed by atoms with van der Waals surface area (Å²) in [6.07, 6.45) is 5.66. The highest BCUT2D eigenvalue weighted by Gasteiger charge is 2.44. The number of carbonyl (C=O) groups is 1. The third-order valence-electron chi connectivity index (χ3n) is 6.89. The minimum absolute atomic E-state index is 0.0128. The summed E-state index contributed by atoms with van der Waals surface area (Å²) in [5.74, 6) is 1.30. The molecule has 1 aromatic carbocycles. The lowest BCUT2D eigenvalue weighted by atomic mass is 9.81. The summed E-state index contributed by atoms with van der Waals surface area (Å²) in [6, 6.07) is 5.47. The second kappa shape index (κ2) is 10.4. The predicted octanol–water partition coefficient (Wildman–Crippen LogP) is 4.78. The van der Waals surface area contributed by atoms with Gasteiger partial charge in [0.15, 0.2) is 0 Å². The summed E-state index contributed by atoms with van der Waals surface area (Å²) < 4.78 is 18.2. The van der Waals surface area contributed by atoms with E-state index in [2.05, 4.69) is 13.2 Å². The van der Waals surface area contributed by atoms with Crippen LogP contribution >= 0.6 is 0 Å². The first kappa shape index (κ1) is 26.0. The fourth-order valence-corrected chi connectivity index (χ4v) is 4.86. The van der Waals surface area contributed by atoms with Gasteiger partial charge in [-0.2, -0.15) is 0 Å². The van der Waals surface area contributed by atoms with Crippen LogP contribution < -0.4 is 4.74 Å². The van der Waals surface area contributed by atoms with Gasteiger partial charge in [-0.3, -0.25) is 4.79 Å². The number of nitrogens with zero attached hydrogens (tertiary/aromatic N) is 1. The Hall–Kier alpha value is -2.57. The smallest absolute Gasteiger partial charge is 0.253 e. The average Bonchev–Trinajstić information content (AvgIpc) is 2.83. The number of allylic oxidation sites excluding steroid dienone is 1. The second-order valence-electron chi connectivity index (χ2n) is 10.1. The third-order valence-corrected chi connectivity index (χ3v) is 6.89. The zero-order chi connectivity index (χ0) is 25.1. The molecule has 1 N–H and O–H groups in total. The van der Waals surface area contributed by atoms with Crippen molar-refractivity contribution in [3.8, 4) is 5.75 Å². The van der Waals surface area contributed by atoms with E-state index in [1.54, 1.807) is 25.3 Å². The van der Waals surface area contributed by atoms with E-state index in [0.717, 1.165) is 23.3 Å². The molecule has 0 bridgehead atoms. The van der Waals surface area contributed by atoms with Gasteiger partial charge in [0, 0.05) is 54.5 Å². The maximum atomic E-state index is 13.3. The zero-order valence-electron chi connectivity index (χ0n) is 21.2. The molecule has 1 amide bonds. The van der Waals surface area contributed by atoms with Gasteiger partial charge in [0.2, 0.25) is 0 Å². The molecule has 1 fully saturated rings. The predicted molar refractivity (Wildman–Crippen MR) is 134 cm³/mol. The monoisotopic (exact) mass is 469 g/mol. The number of amides is 1. The highest BCUT2D eigenvalue weighted by Crippen LogP contribution is 2.42. The van der Waals surface area contributed by atoms with Gasteiger partial charge in [0.25, 0.3) is 5.91 Å². The molecule has 6 nitrogen and oxygen atoms in total. The van der Waals surface area contributed by atoms with Crippen molar-refractivity contribution in [1.82, 2.24) is 4.90 Å². The van der Waals surface area contributed by atoms with Crippen molar-refractivity contribution in [3.63, 3.8) is 0 Å². The molecule has 2 aliphatic heterocycles. The van der Waals surface area contributed by atoms with E-state index in [-0.39, 0.29) is 30.3 Å². The van der Waals surface area contributed by atoms with Crippen LogP contribution in [-0.4, -0.2) is 60.5 Å². The Labute approximate surface area is 203 Å². The second-order valence-corrected chi connectivity index (χ2v) is 10.1. The van der Waals surface area contributed by atoms with Crippen LogP contribution in [0.4, 0.5) is 0 Å². The molecule has 34 heavy (non-hydrogen) atoms. The summed E-state index contributed by atoms with van der Waals surface area (Å²) in [7, 11) is 1.59. The summed E-state index contributed by atoms with van der Waals surface area (Å²) in [4.78, 5) is 15.2. The zero-order valence-corrected chi connectivity index (χ0v) is 21.2. The largest absolute Gasteiger partial charge is 0.496 e. The van der Waals surface area contributed by atoms with Gasteiger partial charge < -0.3 is 24.2 Å². The van der Waals surface area contributed by atoms with E-state index in [4.69, 9.17) is 14.2 Å². The number of carbonyl (C=O) groups excluding carboxylic acids is 1. The fourth-order valence-electron chi connectivity index (χ4n) is 4.86.